The Morgan fingerprint density at radius 1 is 1.00 bits per heavy atom. The Morgan fingerprint density at radius 2 is 1.48 bits per heavy atom. The highest BCUT2D eigenvalue weighted by molar-refractivity contribution is 5.95. The normalized spacial score (nSPS) is 8.14. The molecule has 0 atom stereocenters. The number of aromatic carboxylic acids is 1. The van der Waals surface area contributed by atoms with E-state index in [1.165, 1.54) is 0 Å². The van der Waals surface area contributed by atoms with Crippen molar-refractivity contribution in [3.8, 4) is 11.3 Å². The van der Waals surface area contributed by atoms with Gasteiger partial charge in [0.2, 0.25) is 0 Å². The molecule has 0 radical (unpaired) electrons. The van der Waals surface area contributed by atoms with Crippen LogP contribution in [-0.4, -0.2) is 16.2 Å². The van der Waals surface area contributed by atoms with Crippen LogP contribution in [0.25, 0.3) is 11.3 Å². The van der Waals surface area contributed by atoms with E-state index in [1.54, 1.807) is 19.1 Å². The molecular weight excluding hydrogens is 266 g/mol. The lowest BCUT2D eigenvalue weighted by Crippen LogP contribution is -1.98. The number of carboxylic acid groups (broad SMARTS) is 1. The van der Waals surface area contributed by atoms with Crippen LogP contribution >= 0.6 is 0 Å². The number of hydrogen-bond donors (Lipinski definition) is 1. The Balaban J connectivity index is 0. The van der Waals surface area contributed by atoms with Gasteiger partial charge in [-0.2, -0.15) is 0 Å². The molecule has 0 saturated heterocycles. The van der Waals surface area contributed by atoms with Gasteiger partial charge in [0.1, 0.15) is 17.0 Å². The molecule has 4 heteroatoms. The number of carboxylic acids is 1. The summed E-state index contributed by atoms with van der Waals surface area (Å²) < 4.78 is 4.88. The molecule has 2 aromatic rings. The first-order valence-electron chi connectivity index (χ1n) is 7.45. The van der Waals surface area contributed by atoms with Gasteiger partial charge in [-0.15, -0.1) is 0 Å². The second-order valence-electron chi connectivity index (χ2n) is 3.13. The van der Waals surface area contributed by atoms with Crippen molar-refractivity contribution in [2.45, 2.75) is 48.5 Å². The van der Waals surface area contributed by atoms with E-state index in [4.69, 9.17) is 9.63 Å². The lowest BCUT2D eigenvalue weighted by molar-refractivity contribution is 0.0696. The van der Waals surface area contributed by atoms with Crippen LogP contribution in [0.4, 0.5) is 0 Å². The second kappa shape index (κ2) is 12.9. The maximum Gasteiger partial charge on any atom is 0.341 e. The maximum absolute atomic E-state index is 11.0. The molecule has 1 heterocycles. The molecule has 0 bridgehead atoms. The molecule has 118 valence electrons. The second-order valence-corrected chi connectivity index (χ2v) is 3.13. The highest BCUT2D eigenvalue weighted by Crippen LogP contribution is 2.24. The van der Waals surface area contributed by atoms with Crippen molar-refractivity contribution in [2.24, 2.45) is 0 Å². The van der Waals surface area contributed by atoms with E-state index in [0.717, 1.165) is 5.56 Å². The summed E-state index contributed by atoms with van der Waals surface area (Å²) in [6.45, 7) is 13.6. The molecule has 1 aromatic carbocycles. The standard InChI is InChI=1S/C11H9NO3.3C2H6/c1-7-9(11(13)14)10(12-15-7)8-5-3-2-4-6-8;3*1-2/h2-6H,1H3,(H,13,14);3*1-2H3. The van der Waals surface area contributed by atoms with Gasteiger partial charge < -0.3 is 9.63 Å². The van der Waals surface area contributed by atoms with Gasteiger partial charge in [-0.05, 0) is 6.92 Å². The van der Waals surface area contributed by atoms with E-state index < -0.39 is 5.97 Å². The van der Waals surface area contributed by atoms with E-state index >= 15 is 0 Å². The van der Waals surface area contributed by atoms with E-state index in [9.17, 15) is 4.79 Å². The average Bonchev–Trinajstić information content (AvgIpc) is 2.96. The lowest BCUT2D eigenvalue weighted by atomic mass is 10.1. The highest BCUT2D eigenvalue weighted by atomic mass is 16.5. The van der Waals surface area contributed by atoms with Crippen molar-refractivity contribution in [1.29, 1.82) is 0 Å². The zero-order valence-electron chi connectivity index (χ0n) is 14.1. The van der Waals surface area contributed by atoms with Gasteiger partial charge in [0.15, 0.2) is 0 Å². The van der Waals surface area contributed by atoms with Crippen molar-refractivity contribution in [1.82, 2.24) is 5.16 Å². The summed E-state index contributed by atoms with van der Waals surface area (Å²) in [6, 6.07) is 9.10. The fourth-order valence-corrected chi connectivity index (χ4v) is 1.42. The molecule has 0 saturated carbocycles. The molecule has 0 aliphatic carbocycles. The number of nitrogens with zero attached hydrogens (tertiary/aromatic N) is 1. The molecule has 0 fully saturated rings. The average molecular weight is 293 g/mol. The zero-order valence-corrected chi connectivity index (χ0v) is 14.1. The van der Waals surface area contributed by atoms with Crippen LogP contribution in [0, 0.1) is 6.92 Å². The van der Waals surface area contributed by atoms with Crippen LogP contribution in [0.1, 0.15) is 57.7 Å². The van der Waals surface area contributed by atoms with Gasteiger partial charge in [-0.3, -0.25) is 0 Å². The summed E-state index contributed by atoms with van der Waals surface area (Å²) in [5, 5.41) is 12.7. The number of rotatable bonds is 2. The SMILES string of the molecule is CC.CC.CC.Cc1onc(-c2ccccc2)c1C(=O)O. The Labute approximate surface area is 127 Å². The van der Waals surface area contributed by atoms with Gasteiger partial charge in [-0.1, -0.05) is 77.0 Å². The monoisotopic (exact) mass is 293 g/mol. The Hall–Kier alpha value is -2.10. The minimum absolute atomic E-state index is 0.126. The minimum Gasteiger partial charge on any atom is -0.477 e. The predicted molar refractivity (Wildman–Crippen MR) is 87.7 cm³/mol. The molecular formula is C17H27NO3. The predicted octanol–water partition coefficient (Wildman–Crippen LogP) is 5.43. The first-order chi connectivity index (χ1) is 10.2. The molecule has 1 N–H and O–H groups in total. The third-order valence-corrected chi connectivity index (χ3v) is 2.12. The summed E-state index contributed by atoms with van der Waals surface area (Å²) in [4.78, 5) is 11.0. The third-order valence-electron chi connectivity index (χ3n) is 2.12. The smallest absolute Gasteiger partial charge is 0.341 e. The molecule has 0 spiro atoms. The number of benzene rings is 1. The molecule has 0 aliphatic rings. The first-order valence-corrected chi connectivity index (χ1v) is 7.45. The van der Waals surface area contributed by atoms with Crippen LogP contribution in [0.5, 0.6) is 0 Å². The Bertz CT molecular complexity index is 490. The minimum atomic E-state index is -1.02. The zero-order chi connectivity index (χ0) is 16.8. The molecule has 0 amide bonds. The Kier molecular flexibility index (Phi) is 13.0. The van der Waals surface area contributed by atoms with E-state index in [2.05, 4.69) is 5.16 Å². The van der Waals surface area contributed by atoms with Gasteiger partial charge in [-0.25, -0.2) is 4.79 Å². The lowest BCUT2D eigenvalue weighted by Gasteiger charge is -1.96. The van der Waals surface area contributed by atoms with Crippen molar-refractivity contribution in [2.75, 3.05) is 0 Å². The fraction of sp³-hybridized carbons (Fsp3) is 0.412. The summed E-state index contributed by atoms with van der Waals surface area (Å²) in [5.74, 6) is -0.700. The molecule has 21 heavy (non-hydrogen) atoms. The summed E-state index contributed by atoms with van der Waals surface area (Å²) in [5.41, 5.74) is 1.24. The highest BCUT2D eigenvalue weighted by Gasteiger charge is 2.20. The van der Waals surface area contributed by atoms with Crippen LogP contribution in [0.2, 0.25) is 0 Å². The van der Waals surface area contributed by atoms with Gasteiger partial charge >= 0.3 is 5.97 Å². The molecule has 2 rings (SSSR count). The van der Waals surface area contributed by atoms with Crippen molar-refractivity contribution in [3.05, 3.63) is 41.7 Å². The number of aryl methyl sites for hydroxylation is 1. The molecule has 1 aromatic heterocycles. The van der Waals surface area contributed by atoms with Crippen LogP contribution in [0.3, 0.4) is 0 Å². The van der Waals surface area contributed by atoms with Crippen LogP contribution in [0.15, 0.2) is 34.9 Å². The summed E-state index contributed by atoms with van der Waals surface area (Å²) in [6.07, 6.45) is 0. The first kappa shape index (κ1) is 21.2. The number of hydrogen-bond acceptors (Lipinski definition) is 3. The summed E-state index contributed by atoms with van der Waals surface area (Å²) in [7, 11) is 0. The quantitative estimate of drug-likeness (QED) is 0.802. The topological polar surface area (TPSA) is 63.3 Å². The van der Waals surface area contributed by atoms with Crippen molar-refractivity contribution < 1.29 is 14.4 Å². The third kappa shape index (κ3) is 6.25. The van der Waals surface area contributed by atoms with Crippen LogP contribution in [-0.2, 0) is 0 Å². The molecule has 0 aliphatic heterocycles. The fourth-order valence-electron chi connectivity index (χ4n) is 1.42. The maximum atomic E-state index is 11.0. The number of aromatic nitrogens is 1. The van der Waals surface area contributed by atoms with Gasteiger partial charge in [0.25, 0.3) is 0 Å². The summed E-state index contributed by atoms with van der Waals surface area (Å²) >= 11 is 0. The Morgan fingerprint density at radius 3 is 1.90 bits per heavy atom. The van der Waals surface area contributed by atoms with Crippen molar-refractivity contribution >= 4 is 5.97 Å². The van der Waals surface area contributed by atoms with Gasteiger partial charge in [0.05, 0.1) is 0 Å². The largest absolute Gasteiger partial charge is 0.477 e. The van der Waals surface area contributed by atoms with Crippen molar-refractivity contribution in [3.63, 3.8) is 0 Å². The molecule has 4 nitrogen and oxygen atoms in total. The van der Waals surface area contributed by atoms with Gasteiger partial charge in [0, 0.05) is 5.56 Å². The van der Waals surface area contributed by atoms with E-state index in [1.807, 2.05) is 59.7 Å². The molecule has 0 unspecified atom stereocenters. The number of carbonyl (C=O) groups is 1. The van der Waals surface area contributed by atoms with E-state index in [0.29, 0.717) is 11.5 Å². The van der Waals surface area contributed by atoms with E-state index in [-0.39, 0.29) is 5.56 Å². The van der Waals surface area contributed by atoms with Crippen LogP contribution < -0.4 is 0 Å².